The van der Waals surface area contributed by atoms with Crippen molar-refractivity contribution in [3.8, 4) is 5.13 Å². The van der Waals surface area contributed by atoms with Crippen molar-refractivity contribution in [2.75, 3.05) is 19.6 Å². The van der Waals surface area contributed by atoms with Gasteiger partial charge in [0.05, 0.1) is 5.56 Å². The number of fused-ring (bicyclic) bond motifs is 3. The van der Waals surface area contributed by atoms with Crippen LogP contribution in [0.15, 0.2) is 34.7 Å². The van der Waals surface area contributed by atoms with Crippen LogP contribution in [0.25, 0.3) is 5.13 Å². The Bertz CT molecular complexity index is 763. The molecular weight excluding hydrogens is 312 g/mol. The molecule has 3 aliphatic rings. The summed E-state index contributed by atoms with van der Waals surface area (Å²) < 4.78 is 1.43. The highest BCUT2D eigenvalue weighted by Crippen LogP contribution is 2.27. The maximum atomic E-state index is 12.6. The van der Waals surface area contributed by atoms with E-state index in [4.69, 9.17) is 0 Å². The van der Waals surface area contributed by atoms with E-state index in [1.165, 1.54) is 22.0 Å². The first-order valence-electron chi connectivity index (χ1n) is 7.86. The minimum absolute atomic E-state index is 0.117. The van der Waals surface area contributed by atoms with Gasteiger partial charge in [-0.25, -0.2) is 4.98 Å². The molecule has 5 heterocycles. The molecular formula is C16H18N4O2S. The Hall–Kier alpha value is -1.99. The number of thiazole rings is 1. The molecule has 1 N–H and O–H groups in total. The maximum absolute atomic E-state index is 12.6. The average Bonchev–Trinajstić information content (AvgIpc) is 3.10. The summed E-state index contributed by atoms with van der Waals surface area (Å²) >= 11 is 1.37. The van der Waals surface area contributed by atoms with E-state index in [9.17, 15) is 9.59 Å². The Balaban J connectivity index is 1.55. The Labute approximate surface area is 137 Å². The number of nitrogens with zero attached hydrogens (tertiary/aromatic N) is 3. The van der Waals surface area contributed by atoms with Crippen LogP contribution in [0, 0.1) is 5.92 Å². The van der Waals surface area contributed by atoms with Gasteiger partial charge < -0.3 is 10.2 Å². The lowest BCUT2D eigenvalue weighted by molar-refractivity contribution is 0.0620. The van der Waals surface area contributed by atoms with Gasteiger partial charge in [-0.05, 0) is 37.9 Å². The summed E-state index contributed by atoms with van der Waals surface area (Å²) in [6, 6.07) is 3.22. The second-order valence-electron chi connectivity index (χ2n) is 6.16. The molecule has 3 saturated heterocycles. The number of piperidine rings is 3. The molecule has 6 nitrogen and oxygen atoms in total. The first kappa shape index (κ1) is 14.6. The van der Waals surface area contributed by atoms with Crippen molar-refractivity contribution in [3.63, 3.8) is 0 Å². The first-order valence-corrected chi connectivity index (χ1v) is 8.74. The van der Waals surface area contributed by atoms with Crippen molar-refractivity contribution < 1.29 is 4.79 Å². The van der Waals surface area contributed by atoms with E-state index in [2.05, 4.69) is 15.2 Å². The molecule has 2 bridgehead atoms. The maximum Gasteiger partial charge on any atom is 0.256 e. The van der Waals surface area contributed by atoms with Crippen molar-refractivity contribution in [3.05, 3.63) is 45.8 Å². The van der Waals surface area contributed by atoms with Crippen molar-refractivity contribution in [1.82, 2.24) is 19.8 Å². The van der Waals surface area contributed by atoms with Gasteiger partial charge in [0, 0.05) is 36.4 Å². The average molecular weight is 330 g/mol. The minimum atomic E-state index is -0.181. The van der Waals surface area contributed by atoms with Crippen molar-refractivity contribution in [2.24, 2.45) is 5.92 Å². The van der Waals surface area contributed by atoms with Crippen LogP contribution in [-0.4, -0.2) is 46.0 Å². The number of nitrogens with one attached hydrogen (secondary N) is 1. The Morgan fingerprint density at radius 2 is 2.13 bits per heavy atom. The predicted octanol–water partition coefficient (Wildman–Crippen LogP) is 1.12. The van der Waals surface area contributed by atoms with E-state index in [-0.39, 0.29) is 17.5 Å². The molecule has 0 aliphatic carbocycles. The van der Waals surface area contributed by atoms with Gasteiger partial charge in [-0.15, -0.1) is 11.3 Å². The van der Waals surface area contributed by atoms with Crippen LogP contribution in [0.3, 0.4) is 0 Å². The highest BCUT2D eigenvalue weighted by molar-refractivity contribution is 7.12. The number of rotatable bonds is 3. The summed E-state index contributed by atoms with van der Waals surface area (Å²) in [4.78, 5) is 31.1. The molecule has 23 heavy (non-hydrogen) atoms. The fourth-order valence-corrected chi connectivity index (χ4v) is 4.11. The number of amides is 1. The van der Waals surface area contributed by atoms with Crippen LogP contribution >= 0.6 is 11.3 Å². The van der Waals surface area contributed by atoms with Gasteiger partial charge in [0.1, 0.15) is 0 Å². The molecule has 2 aromatic rings. The minimum Gasteiger partial charge on any atom is -0.348 e. The number of carbonyl (C=O) groups excluding carboxylic acids is 1. The fourth-order valence-electron chi connectivity index (χ4n) is 3.49. The zero-order valence-corrected chi connectivity index (χ0v) is 13.5. The van der Waals surface area contributed by atoms with Crippen molar-refractivity contribution >= 4 is 17.2 Å². The summed E-state index contributed by atoms with van der Waals surface area (Å²) in [5, 5.41) is 5.53. The molecule has 1 amide bonds. The van der Waals surface area contributed by atoms with Gasteiger partial charge in [0.2, 0.25) is 0 Å². The lowest BCUT2D eigenvalue weighted by Gasteiger charge is -2.44. The number of hydrogen-bond acceptors (Lipinski definition) is 5. The molecule has 0 spiro atoms. The van der Waals surface area contributed by atoms with E-state index in [0.717, 1.165) is 32.5 Å². The molecule has 0 aromatic carbocycles. The third kappa shape index (κ3) is 2.82. The molecule has 1 atom stereocenters. The van der Waals surface area contributed by atoms with Crippen LogP contribution in [-0.2, 0) is 0 Å². The predicted molar refractivity (Wildman–Crippen MR) is 88.1 cm³/mol. The SMILES string of the molecule is O=C(NC1CN2CCC1CC2)c1ccc(=O)n(-c2nccs2)c1. The molecule has 0 radical (unpaired) electrons. The molecule has 7 heteroatoms. The standard InChI is InChI=1S/C16H18N4O2S/c21-14-2-1-12(9-20(14)16-17-5-8-23-16)15(22)18-13-10-19-6-3-11(13)4-7-19/h1-2,5,8-9,11,13H,3-4,6-7,10H2,(H,18,22). The second-order valence-corrected chi connectivity index (χ2v) is 7.03. The monoisotopic (exact) mass is 330 g/mol. The quantitative estimate of drug-likeness (QED) is 0.916. The Kier molecular flexibility index (Phi) is 3.74. The lowest BCUT2D eigenvalue weighted by Crippen LogP contribution is -2.57. The van der Waals surface area contributed by atoms with Gasteiger partial charge in [0.15, 0.2) is 5.13 Å². The fraction of sp³-hybridized carbons (Fsp3) is 0.438. The Morgan fingerprint density at radius 1 is 1.30 bits per heavy atom. The summed E-state index contributed by atoms with van der Waals surface area (Å²) in [6.07, 6.45) is 5.54. The van der Waals surface area contributed by atoms with E-state index in [0.29, 0.717) is 16.6 Å². The van der Waals surface area contributed by atoms with Gasteiger partial charge >= 0.3 is 0 Å². The third-order valence-electron chi connectivity index (χ3n) is 4.77. The zero-order chi connectivity index (χ0) is 15.8. The van der Waals surface area contributed by atoms with Gasteiger partial charge in [0.25, 0.3) is 11.5 Å². The first-order chi connectivity index (χ1) is 11.2. The second kappa shape index (κ2) is 5.90. The Morgan fingerprint density at radius 3 is 2.78 bits per heavy atom. The zero-order valence-electron chi connectivity index (χ0n) is 12.6. The van der Waals surface area contributed by atoms with E-state index < -0.39 is 0 Å². The molecule has 5 rings (SSSR count). The topological polar surface area (TPSA) is 67.2 Å². The van der Waals surface area contributed by atoms with Crippen LogP contribution in [0.4, 0.5) is 0 Å². The van der Waals surface area contributed by atoms with Crippen molar-refractivity contribution in [1.29, 1.82) is 0 Å². The molecule has 0 saturated carbocycles. The van der Waals surface area contributed by atoms with Crippen LogP contribution < -0.4 is 10.9 Å². The van der Waals surface area contributed by atoms with E-state index in [1.54, 1.807) is 18.5 Å². The summed E-state index contributed by atoms with van der Waals surface area (Å²) in [6.45, 7) is 3.22. The summed E-state index contributed by atoms with van der Waals surface area (Å²) in [5.74, 6) is 0.461. The third-order valence-corrected chi connectivity index (χ3v) is 5.54. The normalized spacial score (nSPS) is 26.2. The summed E-state index contributed by atoms with van der Waals surface area (Å²) in [5.41, 5.74) is 0.315. The van der Waals surface area contributed by atoms with E-state index >= 15 is 0 Å². The van der Waals surface area contributed by atoms with Crippen LogP contribution in [0.5, 0.6) is 0 Å². The molecule has 2 aromatic heterocycles. The highest BCUT2D eigenvalue weighted by Gasteiger charge is 2.34. The highest BCUT2D eigenvalue weighted by atomic mass is 32.1. The van der Waals surface area contributed by atoms with Crippen LogP contribution in [0.1, 0.15) is 23.2 Å². The smallest absolute Gasteiger partial charge is 0.256 e. The van der Waals surface area contributed by atoms with Crippen LogP contribution in [0.2, 0.25) is 0 Å². The van der Waals surface area contributed by atoms with Gasteiger partial charge in [-0.2, -0.15) is 0 Å². The van der Waals surface area contributed by atoms with E-state index in [1.807, 2.05) is 5.38 Å². The molecule has 1 unspecified atom stereocenters. The molecule has 3 fully saturated rings. The number of hydrogen-bond donors (Lipinski definition) is 1. The van der Waals surface area contributed by atoms with Gasteiger partial charge in [-0.3, -0.25) is 14.2 Å². The number of pyridine rings is 1. The molecule has 3 aliphatic heterocycles. The van der Waals surface area contributed by atoms with Crippen molar-refractivity contribution in [2.45, 2.75) is 18.9 Å². The summed E-state index contributed by atoms with van der Waals surface area (Å²) in [7, 11) is 0. The molecule has 120 valence electrons. The number of carbonyl (C=O) groups is 1. The largest absolute Gasteiger partial charge is 0.348 e. The van der Waals surface area contributed by atoms with Gasteiger partial charge in [-0.1, -0.05) is 0 Å². The lowest BCUT2D eigenvalue weighted by atomic mass is 9.84. The number of aromatic nitrogens is 2.